The Labute approximate surface area is 137 Å². The Bertz CT molecular complexity index is 730. The Morgan fingerprint density at radius 3 is 2.88 bits per heavy atom. The fourth-order valence-corrected chi connectivity index (χ4v) is 1.98. The number of benzene rings is 1. The van der Waals surface area contributed by atoms with Crippen LogP contribution in [0.25, 0.3) is 0 Å². The van der Waals surface area contributed by atoms with Gasteiger partial charge in [-0.05, 0) is 29.0 Å². The number of tetrazole rings is 1. The van der Waals surface area contributed by atoms with Crippen LogP contribution < -0.4 is 4.74 Å². The molecule has 0 bridgehead atoms. The number of esters is 1. The van der Waals surface area contributed by atoms with Crippen LogP contribution in [-0.2, 0) is 17.9 Å². The smallest absolute Gasteiger partial charge is 0.338 e. The van der Waals surface area contributed by atoms with Gasteiger partial charge >= 0.3 is 11.7 Å². The summed E-state index contributed by atoms with van der Waals surface area (Å²) in [4.78, 5) is 22.4. The van der Waals surface area contributed by atoms with Crippen LogP contribution in [0.2, 0.25) is 0 Å². The average molecular weight is 335 g/mol. The molecule has 128 valence electrons. The van der Waals surface area contributed by atoms with E-state index in [0.717, 1.165) is 18.9 Å². The number of hydrogen-bond donors (Lipinski definition) is 0. The molecule has 1 heterocycles. The number of nitro benzene ring substituents is 1. The van der Waals surface area contributed by atoms with E-state index in [0.29, 0.717) is 12.4 Å². The third-order valence-electron chi connectivity index (χ3n) is 3.27. The summed E-state index contributed by atoms with van der Waals surface area (Å²) in [7, 11) is 1.32. The zero-order chi connectivity index (χ0) is 17.5. The van der Waals surface area contributed by atoms with Crippen molar-refractivity contribution >= 4 is 11.7 Å². The number of unbranched alkanes of at least 4 members (excludes halogenated alkanes) is 1. The maximum Gasteiger partial charge on any atom is 0.338 e. The lowest BCUT2D eigenvalue weighted by atomic mass is 10.2. The first-order chi connectivity index (χ1) is 11.6. The highest BCUT2D eigenvalue weighted by molar-refractivity contribution is 5.90. The van der Waals surface area contributed by atoms with E-state index in [1.54, 1.807) is 4.68 Å². The molecule has 0 aliphatic rings. The van der Waals surface area contributed by atoms with Crippen LogP contribution in [-0.4, -0.2) is 38.2 Å². The number of rotatable bonds is 8. The summed E-state index contributed by atoms with van der Waals surface area (Å²) in [5.41, 5.74) is -0.255. The van der Waals surface area contributed by atoms with Gasteiger partial charge in [-0.15, -0.1) is 5.10 Å². The van der Waals surface area contributed by atoms with Gasteiger partial charge in [0, 0.05) is 12.6 Å². The third-order valence-corrected chi connectivity index (χ3v) is 3.27. The summed E-state index contributed by atoms with van der Waals surface area (Å²) in [5.74, 6) is -0.217. The summed E-state index contributed by atoms with van der Waals surface area (Å²) in [6.07, 6.45) is 1.88. The predicted molar refractivity (Wildman–Crippen MR) is 81.5 cm³/mol. The molecule has 10 heteroatoms. The molecule has 2 aromatic rings. The van der Waals surface area contributed by atoms with Crippen LogP contribution in [0.4, 0.5) is 5.69 Å². The topological polar surface area (TPSA) is 122 Å². The summed E-state index contributed by atoms with van der Waals surface area (Å²) >= 11 is 0. The molecule has 0 atom stereocenters. The molecule has 0 aliphatic heterocycles. The van der Waals surface area contributed by atoms with Gasteiger partial charge in [-0.2, -0.15) is 0 Å². The minimum atomic E-state index is -0.703. The van der Waals surface area contributed by atoms with Crippen molar-refractivity contribution < 1.29 is 19.2 Å². The number of methoxy groups -OCH3 is 1. The van der Waals surface area contributed by atoms with Gasteiger partial charge < -0.3 is 9.47 Å². The van der Waals surface area contributed by atoms with Crippen molar-refractivity contribution in [3.05, 3.63) is 39.7 Å². The number of carbonyl (C=O) groups excluding carboxylic acids is 1. The molecule has 10 nitrogen and oxygen atoms in total. The summed E-state index contributed by atoms with van der Waals surface area (Å²) < 4.78 is 11.6. The van der Waals surface area contributed by atoms with Gasteiger partial charge in [0.05, 0.1) is 17.6 Å². The van der Waals surface area contributed by atoms with Gasteiger partial charge in [0.25, 0.3) is 0 Å². The van der Waals surface area contributed by atoms with Crippen LogP contribution in [0.3, 0.4) is 0 Å². The van der Waals surface area contributed by atoms with Crippen LogP contribution in [0.1, 0.15) is 35.9 Å². The highest BCUT2D eigenvalue weighted by atomic mass is 16.6. The highest BCUT2D eigenvalue weighted by Gasteiger charge is 2.19. The second-order valence-corrected chi connectivity index (χ2v) is 4.89. The summed E-state index contributed by atoms with van der Waals surface area (Å²) in [6.45, 7) is 2.56. The molecule has 0 N–H and O–H groups in total. The fraction of sp³-hybridized carbons (Fsp3) is 0.429. The molecule has 0 saturated carbocycles. The standard InChI is InChI=1S/C14H17N5O5/c1-3-4-7-18-13(15-16-17-18)9-24-14(20)10-5-6-12(23-2)11(8-10)19(21)22/h5-6,8H,3-4,7,9H2,1-2H3. The highest BCUT2D eigenvalue weighted by Crippen LogP contribution is 2.27. The van der Waals surface area contributed by atoms with E-state index in [1.807, 2.05) is 6.92 Å². The average Bonchev–Trinajstić information content (AvgIpc) is 3.04. The Morgan fingerprint density at radius 2 is 2.21 bits per heavy atom. The number of aryl methyl sites for hydroxylation is 1. The molecule has 1 aromatic carbocycles. The van der Waals surface area contributed by atoms with Crippen LogP contribution in [0.15, 0.2) is 18.2 Å². The van der Waals surface area contributed by atoms with E-state index in [4.69, 9.17) is 9.47 Å². The van der Waals surface area contributed by atoms with Gasteiger partial charge in [-0.25, -0.2) is 9.48 Å². The van der Waals surface area contributed by atoms with Crippen molar-refractivity contribution in [2.75, 3.05) is 7.11 Å². The Kier molecular flexibility index (Phi) is 5.77. The van der Waals surface area contributed by atoms with E-state index in [-0.39, 0.29) is 23.6 Å². The number of carbonyl (C=O) groups is 1. The fourth-order valence-electron chi connectivity index (χ4n) is 1.98. The zero-order valence-electron chi connectivity index (χ0n) is 13.3. The number of aromatic nitrogens is 4. The maximum atomic E-state index is 12.1. The lowest BCUT2D eigenvalue weighted by molar-refractivity contribution is -0.385. The lowest BCUT2D eigenvalue weighted by Gasteiger charge is -2.07. The van der Waals surface area contributed by atoms with Crippen molar-refractivity contribution in [3.63, 3.8) is 0 Å². The molecule has 0 saturated heterocycles. The first-order valence-corrected chi connectivity index (χ1v) is 7.31. The van der Waals surface area contributed by atoms with Gasteiger partial charge in [-0.3, -0.25) is 10.1 Å². The molecular formula is C14H17N5O5. The van der Waals surface area contributed by atoms with E-state index >= 15 is 0 Å². The lowest BCUT2D eigenvalue weighted by Crippen LogP contribution is -2.11. The molecule has 0 aliphatic carbocycles. The molecule has 0 unspecified atom stereocenters. The van der Waals surface area contributed by atoms with Crippen molar-refractivity contribution in [2.45, 2.75) is 32.9 Å². The van der Waals surface area contributed by atoms with E-state index in [2.05, 4.69) is 15.5 Å². The minimum absolute atomic E-state index is 0.0510. The molecule has 0 amide bonds. The zero-order valence-corrected chi connectivity index (χ0v) is 13.3. The second kappa shape index (κ2) is 7.99. The number of hydrogen-bond acceptors (Lipinski definition) is 8. The first-order valence-electron chi connectivity index (χ1n) is 7.31. The Balaban J connectivity index is 2.06. The quantitative estimate of drug-likeness (QED) is 0.406. The van der Waals surface area contributed by atoms with Gasteiger partial charge in [0.1, 0.15) is 0 Å². The summed E-state index contributed by atoms with van der Waals surface area (Å²) in [5, 5.41) is 22.2. The molecule has 0 spiro atoms. The number of nitro groups is 1. The minimum Gasteiger partial charge on any atom is -0.490 e. The maximum absolute atomic E-state index is 12.1. The third kappa shape index (κ3) is 4.03. The van der Waals surface area contributed by atoms with E-state index in [1.165, 1.54) is 19.2 Å². The monoisotopic (exact) mass is 335 g/mol. The van der Waals surface area contributed by atoms with E-state index in [9.17, 15) is 14.9 Å². The molecule has 2 rings (SSSR count). The normalized spacial score (nSPS) is 10.4. The molecule has 1 aromatic heterocycles. The Morgan fingerprint density at radius 1 is 1.42 bits per heavy atom. The van der Waals surface area contributed by atoms with Crippen molar-refractivity contribution in [1.29, 1.82) is 0 Å². The van der Waals surface area contributed by atoms with Crippen LogP contribution in [0.5, 0.6) is 5.75 Å². The molecule has 24 heavy (non-hydrogen) atoms. The first kappa shape index (κ1) is 17.3. The predicted octanol–water partition coefficient (Wildman–Crippen LogP) is 1.75. The largest absolute Gasteiger partial charge is 0.490 e. The molecular weight excluding hydrogens is 318 g/mol. The number of ether oxygens (including phenoxy) is 2. The number of nitrogens with zero attached hydrogens (tertiary/aromatic N) is 5. The van der Waals surface area contributed by atoms with Crippen molar-refractivity contribution in [1.82, 2.24) is 20.2 Å². The van der Waals surface area contributed by atoms with Crippen molar-refractivity contribution in [2.24, 2.45) is 0 Å². The van der Waals surface area contributed by atoms with Gasteiger partial charge in [0.15, 0.2) is 18.2 Å². The molecule has 0 fully saturated rings. The second-order valence-electron chi connectivity index (χ2n) is 4.89. The van der Waals surface area contributed by atoms with Gasteiger partial charge in [0.2, 0.25) is 0 Å². The summed E-state index contributed by atoms with van der Waals surface area (Å²) in [6, 6.07) is 3.86. The van der Waals surface area contributed by atoms with Crippen molar-refractivity contribution in [3.8, 4) is 5.75 Å². The van der Waals surface area contributed by atoms with E-state index < -0.39 is 10.9 Å². The van der Waals surface area contributed by atoms with Crippen LogP contribution in [0, 0.1) is 10.1 Å². The SMILES string of the molecule is CCCCn1nnnc1COC(=O)c1ccc(OC)c([N+](=O)[O-])c1. The molecule has 0 radical (unpaired) electrons. The Hall–Kier alpha value is -3.04. The van der Waals surface area contributed by atoms with Gasteiger partial charge in [-0.1, -0.05) is 13.3 Å². The van der Waals surface area contributed by atoms with Crippen LogP contribution >= 0.6 is 0 Å².